The van der Waals surface area contributed by atoms with Crippen LogP contribution in [-0.2, 0) is 12.8 Å². The zero-order valence-corrected chi connectivity index (χ0v) is 24.7. The largest absolute Gasteiger partial charge is 0.310 e. The van der Waals surface area contributed by atoms with Crippen LogP contribution in [0.5, 0.6) is 0 Å². The van der Waals surface area contributed by atoms with Gasteiger partial charge < -0.3 is 9.80 Å². The first-order valence-electron chi connectivity index (χ1n) is 15.6. The Kier molecular flexibility index (Phi) is 6.81. The molecule has 0 aromatic heterocycles. The number of allylic oxidation sites excluding steroid dienone is 2. The maximum absolute atomic E-state index is 2.44. The van der Waals surface area contributed by atoms with Crippen LogP contribution in [0.4, 0.5) is 34.1 Å². The van der Waals surface area contributed by atoms with Gasteiger partial charge in [0.25, 0.3) is 0 Å². The summed E-state index contributed by atoms with van der Waals surface area (Å²) in [6.07, 6.45) is 4.29. The number of benzene rings is 6. The fraction of sp³-hybridized carbons (Fsp3) is 0.0952. The summed E-state index contributed by atoms with van der Waals surface area (Å²) in [6, 6.07) is 57.1. The Morgan fingerprint density at radius 1 is 0.295 bits per heavy atom. The minimum atomic E-state index is 1.07. The molecule has 0 saturated carbocycles. The highest BCUT2D eigenvalue weighted by atomic mass is 15.1. The highest BCUT2D eigenvalue weighted by molar-refractivity contribution is 5.98. The lowest BCUT2D eigenvalue weighted by Crippen LogP contribution is -2.15. The summed E-state index contributed by atoms with van der Waals surface area (Å²) in [5.41, 5.74) is 15.9. The molecule has 0 heterocycles. The van der Waals surface area contributed by atoms with E-state index in [1.165, 1.54) is 67.5 Å². The van der Waals surface area contributed by atoms with Gasteiger partial charge in [-0.1, -0.05) is 84.9 Å². The van der Waals surface area contributed by atoms with E-state index in [2.05, 4.69) is 168 Å². The number of para-hydroxylation sites is 4. The highest BCUT2D eigenvalue weighted by Crippen LogP contribution is 2.47. The Balaban J connectivity index is 1.24. The van der Waals surface area contributed by atoms with E-state index >= 15 is 0 Å². The second-order valence-corrected chi connectivity index (χ2v) is 11.7. The monoisotopic (exact) mass is 566 g/mol. The lowest BCUT2D eigenvalue weighted by Gasteiger charge is -2.33. The number of hydrogen-bond acceptors (Lipinski definition) is 2. The molecule has 0 unspecified atom stereocenters. The van der Waals surface area contributed by atoms with Gasteiger partial charge in [-0.2, -0.15) is 0 Å². The third kappa shape index (κ3) is 4.79. The maximum Gasteiger partial charge on any atom is 0.0467 e. The van der Waals surface area contributed by atoms with Gasteiger partial charge in [-0.3, -0.25) is 0 Å². The van der Waals surface area contributed by atoms with Crippen molar-refractivity contribution in [2.24, 2.45) is 0 Å². The molecular formula is C42H34N2. The molecule has 0 radical (unpaired) electrons. The predicted molar refractivity (Wildman–Crippen MR) is 186 cm³/mol. The minimum Gasteiger partial charge on any atom is -0.310 e. The zero-order valence-electron chi connectivity index (χ0n) is 24.7. The second kappa shape index (κ2) is 11.4. The summed E-state index contributed by atoms with van der Waals surface area (Å²) < 4.78 is 0. The average molecular weight is 567 g/mol. The molecule has 2 aliphatic carbocycles. The standard InChI is InChI=1S/C42H34N2/c1-5-13-33(14-6-1)43(34-15-7-2-8-16-34)37-25-21-31-23-28-40-39(41(31)29-37)27-24-32-22-26-38(30-42(32)40)44(35-17-9-3-10-18-35)36-19-11-4-12-20-36/h1-22,25-26,29-30H,23-24,27-28H2. The Labute approximate surface area is 260 Å². The third-order valence-corrected chi connectivity index (χ3v) is 9.06. The van der Waals surface area contributed by atoms with E-state index in [0.29, 0.717) is 0 Å². The molecule has 212 valence electrons. The van der Waals surface area contributed by atoms with Crippen molar-refractivity contribution < 1.29 is 0 Å². The zero-order chi connectivity index (χ0) is 29.3. The van der Waals surface area contributed by atoms with Crippen LogP contribution in [0.1, 0.15) is 35.1 Å². The average Bonchev–Trinajstić information content (AvgIpc) is 3.10. The number of anilines is 6. The molecule has 0 atom stereocenters. The molecule has 2 aliphatic rings. The molecule has 2 heteroatoms. The lowest BCUT2D eigenvalue weighted by molar-refractivity contribution is 0.918. The molecule has 8 rings (SSSR count). The molecule has 0 aliphatic heterocycles. The number of aryl methyl sites for hydroxylation is 2. The van der Waals surface area contributed by atoms with E-state index in [1.807, 2.05) is 0 Å². The molecule has 0 fully saturated rings. The fourth-order valence-electron chi connectivity index (χ4n) is 7.02. The van der Waals surface area contributed by atoms with Crippen molar-refractivity contribution in [3.8, 4) is 0 Å². The molecule has 6 aromatic carbocycles. The van der Waals surface area contributed by atoms with Gasteiger partial charge in [0.1, 0.15) is 0 Å². The van der Waals surface area contributed by atoms with Crippen LogP contribution in [0.15, 0.2) is 158 Å². The van der Waals surface area contributed by atoms with Crippen LogP contribution < -0.4 is 9.80 Å². The van der Waals surface area contributed by atoms with Gasteiger partial charge in [-0.15, -0.1) is 0 Å². The Hall–Kier alpha value is -5.34. The van der Waals surface area contributed by atoms with Crippen molar-refractivity contribution in [2.45, 2.75) is 25.7 Å². The number of fused-ring (bicyclic) bond motifs is 4. The second-order valence-electron chi connectivity index (χ2n) is 11.7. The predicted octanol–water partition coefficient (Wildman–Crippen LogP) is 11.4. The van der Waals surface area contributed by atoms with Crippen molar-refractivity contribution in [3.05, 3.63) is 180 Å². The molecular weight excluding hydrogens is 532 g/mol. The first-order chi connectivity index (χ1) is 21.8. The first kappa shape index (κ1) is 26.3. The fourth-order valence-corrected chi connectivity index (χ4v) is 7.02. The third-order valence-electron chi connectivity index (χ3n) is 9.06. The lowest BCUT2D eigenvalue weighted by atomic mass is 9.75. The summed E-state index contributed by atoms with van der Waals surface area (Å²) in [7, 11) is 0. The summed E-state index contributed by atoms with van der Waals surface area (Å²) >= 11 is 0. The van der Waals surface area contributed by atoms with Crippen LogP contribution in [0.25, 0.3) is 11.1 Å². The van der Waals surface area contributed by atoms with Gasteiger partial charge in [-0.05, 0) is 132 Å². The van der Waals surface area contributed by atoms with Crippen LogP contribution in [-0.4, -0.2) is 0 Å². The van der Waals surface area contributed by atoms with Crippen molar-refractivity contribution >= 4 is 45.3 Å². The van der Waals surface area contributed by atoms with Gasteiger partial charge in [0, 0.05) is 34.1 Å². The van der Waals surface area contributed by atoms with Gasteiger partial charge in [0.15, 0.2) is 0 Å². The summed E-state index contributed by atoms with van der Waals surface area (Å²) in [5, 5.41) is 0. The smallest absolute Gasteiger partial charge is 0.0467 e. The number of nitrogens with zero attached hydrogens (tertiary/aromatic N) is 2. The SMILES string of the molecule is c1ccc(N(c2ccccc2)c2ccc3c(c2)C2=C(CC3)c3cc(N(c4ccccc4)c4ccccc4)ccc3CC2)cc1. The highest BCUT2D eigenvalue weighted by Gasteiger charge is 2.27. The van der Waals surface area contributed by atoms with Crippen LogP contribution >= 0.6 is 0 Å². The molecule has 2 nitrogen and oxygen atoms in total. The summed E-state index contributed by atoms with van der Waals surface area (Å²) in [5.74, 6) is 0. The number of hydrogen-bond donors (Lipinski definition) is 0. The van der Waals surface area contributed by atoms with E-state index in [4.69, 9.17) is 0 Å². The molecule has 0 bridgehead atoms. The van der Waals surface area contributed by atoms with E-state index < -0.39 is 0 Å². The Morgan fingerprint density at radius 2 is 0.614 bits per heavy atom. The van der Waals surface area contributed by atoms with E-state index in [1.54, 1.807) is 0 Å². The molecule has 0 saturated heterocycles. The van der Waals surface area contributed by atoms with E-state index in [-0.39, 0.29) is 0 Å². The molecule has 0 spiro atoms. The Bertz CT molecular complexity index is 1720. The van der Waals surface area contributed by atoms with Crippen LogP contribution in [0.3, 0.4) is 0 Å². The van der Waals surface area contributed by atoms with Gasteiger partial charge in [-0.25, -0.2) is 0 Å². The first-order valence-corrected chi connectivity index (χ1v) is 15.6. The molecule has 44 heavy (non-hydrogen) atoms. The summed E-state index contributed by atoms with van der Waals surface area (Å²) in [4.78, 5) is 4.75. The van der Waals surface area contributed by atoms with Crippen molar-refractivity contribution in [1.82, 2.24) is 0 Å². The minimum absolute atomic E-state index is 1.07. The van der Waals surface area contributed by atoms with Crippen molar-refractivity contribution in [3.63, 3.8) is 0 Å². The Morgan fingerprint density at radius 3 is 0.932 bits per heavy atom. The van der Waals surface area contributed by atoms with Crippen molar-refractivity contribution in [1.29, 1.82) is 0 Å². The normalized spacial score (nSPS) is 13.5. The van der Waals surface area contributed by atoms with Gasteiger partial charge >= 0.3 is 0 Å². The van der Waals surface area contributed by atoms with E-state index in [0.717, 1.165) is 25.7 Å². The quantitative estimate of drug-likeness (QED) is 0.198. The van der Waals surface area contributed by atoms with Gasteiger partial charge in [0.2, 0.25) is 0 Å². The van der Waals surface area contributed by atoms with Crippen molar-refractivity contribution in [2.75, 3.05) is 9.80 Å². The molecule has 0 amide bonds. The maximum atomic E-state index is 2.44. The number of rotatable bonds is 6. The summed E-state index contributed by atoms with van der Waals surface area (Å²) in [6.45, 7) is 0. The van der Waals surface area contributed by atoms with E-state index in [9.17, 15) is 0 Å². The topological polar surface area (TPSA) is 6.48 Å². The molecule has 0 N–H and O–H groups in total. The van der Waals surface area contributed by atoms with Crippen LogP contribution in [0, 0.1) is 0 Å². The van der Waals surface area contributed by atoms with Gasteiger partial charge in [0.05, 0.1) is 0 Å². The van der Waals surface area contributed by atoms with Crippen LogP contribution in [0.2, 0.25) is 0 Å². The molecule has 6 aromatic rings.